The van der Waals surface area contributed by atoms with Crippen LogP contribution >= 0.6 is 11.8 Å². The normalized spacial score (nSPS) is 20.2. The molecule has 0 spiro atoms. The van der Waals surface area contributed by atoms with Crippen LogP contribution in [-0.2, 0) is 6.42 Å². The summed E-state index contributed by atoms with van der Waals surface area (Å²) < 4.78 is 0. The van der Waals surface area contributed by atoms with Gasteiger partial charge in [0.05, 0.1) is 11.7 Å². The molecule has 2 heterocycles. The van der Waals surface area contributed by atoms with Gasteiger partial charge in [0.25, 0.3) is 0 Å². The highest BCUT2D eigenvalue weighted by Gasteiger charge is 2.18. The standard InChI is InChI=1S/C10H13N3S/c1-3-8-7-6-12-10(14-2)13-9(7)4-5-11-8/h3,6,8,11H,1,4-5H2,2H3/t8-/m1/s1. The molecule has 4 heteroatoms. The number of hydrogen-bond donors (Lipinski definition) is 1. The van der Waals surface area contributed by atoms with Crippen LogP contribution in [-0.4, -0.2) is 22.8 Å². The van der Waals surface area contributed by atoms with Crippen LogP contribution in [0.5, 0.6) is 0 Å². The topological polar surface area (TPSA) is 37.8 Å². The van der Waals surface area contributed by atoms with Crippen LogP contribution in [0.3, 0.4) is 0 Å². The lowest BCUT2D eigenvalue weighted by Gasteiger charge is -2.23. The van der Waals surface area contributed by atoms with Crippen LogP contribution in [0.15, 0.2) is 24.0 Å². The number of hydrogen-bond acceptors (Lipinski definition) is 4. The van der Waals surface area contributed by atoms with E-state index in [4.69, 9.17) is 0 Å². The van der Waals surface area contributed by atoms with Gasteiger partial charge in [-0.2, -0.15) is 0 Å². The van der Waals surface area contributed by atoms with Crippen LogP contribution in [0.2, 0.25) is 0 Å². The molecule has 1 aliphatic rings. The van der Waals surface area contributed by atoms with Gasteiger partial charge in [-0.05, 0) is 6.26 Å². The van der Waals surface area contributed by atoms with Crippen LogP contribution in [0.4, 0.5) is 0 Å². The average molecular weight is 207 g/mol. The number of rotatable bonds is 2. The van der Waals surface area contributed by atoms with Crippen molar-refractivity contribution in [1.29, 1.82) is 0 Å². The van der Waals surface area contributed by atoms with Gasteiger partial charge >= 0.3 is 0 Å². The van der Waals surface area contributed by atoms with Crippen LogP contribution < -0.4 is 5.32 Å². The van der Waals surface area contributed by atoms with Crippen molar-refractivity contribution in [2.45, 2.75) is 17.6 Å². The van der Waals surface area contributed by atoms with Crippen LogP contribution in [0.1, 0.15) is 17.3 Å². The number of fused-ring (bicyclic) bond motifs is 1. The van der Waals surface area contributed by atoms with Crippen molar-refractivity contribution in [2.24, 2.45) is 0 Å². The van der Waals surface area contributed by atoms with E-state index in [-0.39, 0.29) is 6.04 Å². The predicted octanol–water partition coefficient (Wildman–Crippen LogP) is 1.57. The van der Waals surface area contributed by atoms with Crippen molar-refractivity contribution in [3.63, 3.8) is 0 Å². The number of aromatic nitrogens is 2. The first-order valence-electron chi connectivity index (χ1n) is 4.61. The molecule has 0 amide bonds. The number of nitrogens with one attached hydrogen (secondary N) is 1. The van der Waals surface area contributed by atoms with E-state index in [0.717, 1.165) is 23.8 Å². The lowest BCUT2D eigenvalue weighted by Crippen LogP contribution is -2.29. The Labute approximate surface area is 88.0 Å². The summed E-state index contributed by atoms with van der Waals surface area (Å²) in [5.41, 5.74) is 2.33. The van der Waals surface area contributed by atoms with Crippen molar-refractivity contribution in [2.75, 3.05) is 12.8 Å². The molecule has 1 N–H and O–H groups in total. The van der Waals surface area contributed by atoms with Crippen LogP contribution in [0.25, 0.3) is 0 Å². The second-order valence-electron chi connectivity index (χ2n) is 3.18. The molecule has 1 aromatic rings. The first-order valence-corrected chi connectivity index (χ1v) is 5.83. The van der Waals surface area contributed by atoms with Gasteiger partial charge < -0.3 is 5.32 Å². The second kappa shape index (κ2) is 4.11. The molecule has 74 valence electrons. The van der Waals surface area contributed by atoms with E-state index in [2.05, 4.69) is 21.9 Å². The van der Waals surface area contributed by atoms with Gasteiger partial charge in [0.2, 0.25) is 0 Å². The average Bonchev–Trinajstić information content (AvgIpc) is 2.27. The van der Waals surface area contributed by atoms with Crippen molar-refractivity contribution >= 4 is 11.8 Å². The van der Waals surface area contributed by atoms with E-state index in [9.17, 15) is 0 Å². The van der Waals surface area contributed by atoms with Crippen molar-refractivity contribution < 1.29 is 0 Å². The smallest absolute Gasteiger partial charge is 0.187 e. The highest BCUT2D eigenvalue weighted by molar-refractivity contribution is 7.98. The molecule has 1 aromatic heterocycles. The summed E-state index contributed by atoms with van der Waals surface area (Å²) in [5.74, 6) is 0. The molecule has 1 atom stereocenters. The van der Waals surface area contributed by atoms with Gasteiger partial charge in [0.15, 0.2) is 5.16 Å². The molecular formula is C10H13N3S. The Morgan fingerprint density at radius 2 is 2.57 bits per heavy atom. The summed E-state index contributed by atoms with van der Waals surface area (Å²) in [6.45, 7) is 4.77. The molecule has 0 aromatic carbocycles. The second-order valence-corrected chi connectivity index (χ2v) is 3.95. The van der Waals surface area contributed by atoms with E-state index in [1.54, 1.807) is 11.8 Å². The first kappa shape index (κ1) is 9.68. The highest BCUT2D eigenvalue weighted by Crippen LogP contribution is 2.22. The van der Waals surface area contributed by atoms with Gasteiger partial charge in [-0.15, -0.1) is 6.58 Å². The molecule has 0 fully saturated rings. The lowest BCUT2D eigenvalue weighted by molar-refractivity contribution is 0.561. The molecule has 14 heavy (non-hydrogen) atoms. The molecule has 1 aliphatic heterocycles. The van der Waals surface area contributed by atoms with E-state index < -0.39 is 0 Å². The molecule has 0 saturated carbocycles. The van der Waals surface area contributed by atoms with Gasteiger partial charge in [-0.3, -0.25) is 0 Å². The third-order valence-corrected chi connectivity index (χ3v) is 2.92. The Bertz CT molecular complexity index is 351. The molecule has 0 unspecified atom stereocenters. The lowest BCUT2D eigenvalue weighted by atomic mass is 10.0. The Hall–Kier alpha value is -0.870. The minimum absolute atomic E-state index is 0.217. The molecule has 3 nitrogen and oxygen atoms in total. The van der Waals surface area contributed by atoms with Crippen LogP contribution in [0, 0.1) is 0 Å². The summed E-state index contributed by atoms with van der Waals surface area (Å²) in [6.07, 6.45) is 6.79. The van der Waals surface area contributed by atoms with Gasteiger partial charge in [0.1, 0.15) is 0 Å². The first-order chi connectivity index (χ1) is 6.85. The van der Waals surface area contributed by atoms with Gasteiger partial charge in [-0.25, -0.2) is 9.97 Å². The number of thioether (sulfide) groups is 1. The van der Waals surface area contributed by atoms with Crippen molar-refractivity contribution in [3.05, 3.63) is 30.1 Å². The fraction of sp³-hybridized carbons (Fsp3) is 0.400. The summed E-state index contributed by atoms with van der Waals surface area (Å²) >= 11 is 1.58. The summed E-state index contributed by atoms with van der Waals surface area (Å²) in [5, 5.41) is 4.21. The summed E-state index contributed by atoms with van der Waals surface area (Å²) in [6, 6.07) is 0.217. The zero-order chi connectivity index (χ0) is 9.97. The summed E-state index contributed by atoms with van der Waals surface area (Å²) in [4.78, 5) is 8.77. The van der Waals surface area contributed by atoms with E-state index in [1.165, 1.54) is 5.56 Å². The fourth-order valence-corrected chi connectivity index (χ4v) is 1.99. The Balaban J connectivity index is 2.40. The van der Waals surface area contributed by atoms with E-state index >= 15 is 0 Å². The highest BCUT2D eigenvalue weighted by atomic mass is 32.2. The molecule has 2 rings (SSSR count). The van der Waals surface area contributed by atoms with E-state index in [0.29, 0.717) is 0 Å². The Kier molecular flexibility index (Phi) is 2.84. The zero-order valence-electron chi connectivity index (χ0n) is 8.16. The van der Waals surface area contributed by atoms with Crippen molar-refractivity contribution in [1.82, 2.24) is 15.3 Å². The monoisotopic (exact) mass is 207 g/mol. The van der Waals surface area contributed by atoms with Crippen molar-refractivity contribution in [3.8, 4) is 0 Å². The molecule has 0 saturated heterocycles. The zero-order valence-corrected chi connectivity index (χ0v) is 8.97. The minimum atomic E-state index is 0.217. The fourth-order valence-electron chi connectivity index (χ4n) is 1.63. The summed E-state index contributed by atoms with van der Waals surface area (Å²) in [7, 11) is 0. The van der Waals surface area contributed by atoms with Gasteiger partial charge in [-0.1, -0.05) is 17.8 Å². The largest absolute Gasteiger partial charge is 0.306 e. The SMILES string of the molecule is C=C[C@H]1NCCc2nc(SC)ncc21. The third kappa shape index (κ3) is 1.67. The number of nitrogens with zero attached hydrogens (tertiary/aromatic N) is 2. The molecule has 0 aliphatic carbocycles. The molecule has 0 bridgehead atoms. The molecule has 0 radical (unpaired) electrons. The maximum Gasteiger partial charge on any atom is 0.187 e. The van der Waals surface area contributed by atoms with E-state index in [1.807, 2.05) is 18.5 Å². The van der Waals surface area contributed by atoms with Gasteiger partial charge in [0, 0.05) is 24.7 Å². The Morgan fingerprint density at radius 3 is 3.29 bits per heavy atom. The third-order valence-electron chi connectivity index (χ3n) is 2.36. The maximum absolute atomic E-state index is 4.49. The molecular weight excluding hydrogens is 194 g/mol. The minimum Gasteiger partial charge on any atom is -0.306 e. The predicted molar refractivity (Wildman–Crippen MR) is 58.5 cm³/mol. The maximum atomic E-state index is 4.49. The Morgan fingerprint density at radius 1 is 1.71 bits per heavy atom. The quantitative estimate of drug-likeness (QED) is 0.454.